The summed E-state index contributed by atoms with van der Waals surface area (Å²) in [7, 11) is -3.38. The van der Waals surface area contributed by atoms with Crippen LogP contribution in [0.3, 0.4) is 0 Å². The molecule has 0 bridgehead atoms. The summed E-state index contributed by atoms with van der Waals surface area (Å²) in [6.07, 6.45) is 47.0. The maximum Gasteiger partial charge on any atom is 0.0722 e. The summed E-state index contributed by atoms with van der Waals surface area (Å²) in [6, 6.07) is 10.3. The number of fused-ring (bicyclic) bond motifs is 10. The van der Waals surface area contributed by atoms with Crippen LogP contribution in [-0.2, 0) is 25.7 Å². The van der Waals surface area contributed by atoms with Gasteiger partial charge < -0.3 is 0 Å². The Morgan fingerprint density at radius 1 is 0.420 bits per heavy atom. The lowest BCUT2D eigenvalue weighted by atomic mass is 9.77. The number of rotatable bonds is 16. The maximum absolute atomic E-state index is 2.89. The van der Waals surface area contributed by atoms with Crippen LogP contribution in [0.25, 0.3) is 12.2 Å². The molecule has 2 heteroatoms. The fraction of sp³-hybridized carbons (Fsp3) is 0.696. The van der Waals surface area contributed by atoms with E-state index in [0.717, 1.165) is 46.6 Å². The second-order valence-electron chi connectivity index (χ2n) is 31.1. The normalized spacial score (nSPS) is 30.8. The van der Waals surface area contributed by atoms with Crippen molar-refractivity contribution < 1.29 is 0 Å². The van der Waals surface area contributed by atoms with E-state index in [0.29, 0.717) is 32.7 Å². The van der Waals surface area contributed by atoms with Crippen LogP contribution in [0.15, 0.2) is 82.0 Å². The molecular weight excluding hydrogens is 1010 g/mol. The van der Waals surface area contributed by atoms with Gasteiger partial charge in [-0.2, -0.15) is 0 Å². The predicted octanol–water partition coefficient (Wildman–Crippen LogP) is 23.9. The van der Waals surface area contributed by atoms with Gasteiger partial charge in [0.05, 0.1) is 16.1 Å². The van der Waals surface area contributed by atoms with Gasteiger partial charge in [0, 0.05) is 11.1 Å². The Morgan fingerprint density at radius 2 is 0.765 bits per heavy atom. The minimum absolute atomic E-state index is 0.484. The Bertz CT molecular complexity index is 2640. The van der Waals surface area contributed by atoms with Crippen molar-refractivity contribution in [2.75, 3.05) is 0 Å². The van der Waals surface area contributed by atoms with E-state index in [1.807, 2.05) is 11.1 Å². The molecule has 10 aliphatic carbocycles. The quantitative estimate of drug-likeness (QED) is 0.147. The van der Waals surface area contributed by atoms with Crippen molar-refractivity contribution in [2.45, 2.75) is 293 Å². The van der Waals surface area contributed by atoms with Gasteiger partial charge in [-0.25, -0.2) is 0 Å². The zero-order chi connectivity index (χ0) is 58.2. The third kappa shape index (κ3) is 10.0. The molecule has 0 spiro atoms. The predicted molar refractivity (Wildman–Crippen MR) is 362 cm³/mol. The van der Waals surface area contributed by atoms with E-state index in [2.05, 4.69) is 184 Å². The van der Waals surface area contributed by atoms with Crippen LogP contribution in [0.1, 0.15) is 275 Å². The fourth-order valence-corrected chi connectivity index (χ4v) is 33.1. The summed E-state index contributed by atoms with van der Waals surface area (Å²) >= 11 is 0. The second-order valence-corrected chi connectivity index (χ2v) is 40.8. The average molecular weight is 1130 g/mol. The first-order valence-corrected chi connectivity index (χ1v) is 41.6. The lowest BCUT2D eigenvalue weighted by molar-refractivity contribution is 0.272. The van der Waals surface area contributed by atoms with Gasteiger partial charge in [-0.3, -0.25) is 0 Å². The number of benzene rings is 2. The summed E-state index contributed by atoms with van der Waals surface area (Å²) in [6.45, 7) is 44.9. The number of hydrogen-bond acceptors (Lipinski definition) is 0. The van der Waals surface area contributed by atoms with Crippen LogP contribution in [0, 0.1) is 57.2 Å². The standard InChI is InChI=1S/C38H60Si.C38H52Si.C3H8/c2*1-9-25-19-31-29(17-15-27-21-37(11-3,12-4)23-33(27)31)35(25)39(7,8)36-26(10-2)20-32-30(36)18-16-28-22-38(13-5,14-6)24-34(28)32;1-3-2/h15-18,25-26,29-32,35-36H,9-14,19-24H2,1-8H3;15-20,35-36H,9-14,21-24H2,1-8H3;3H2,1-2H3. The molecule has 0 aromatic heterocycles. The molecule has 444 valence electrons. The molecular formula is C79H120Si2. The first kappa shape index (κ1) is 61.4. The smallest absolute Gasteiger partial charge is 0.0722 e. The number of allylic oxidation sites excluding steroid dienone is 10. The first-order chi connectivity index (χ1) is 38.8. The molecule has 2 aromatic rings. The molecule has 12 rings (SSSR count). The molecule has 0 radical (unpaired) electrons. The molecule has 0 aliphatic heterocycles. The van der Waals surface area contributed by atoms with E-state index in [1.54, 1.807) is 66.8 Å². The lowest BCUT2D eigenvalue weighted by Crippen LogP contribution is -2.46. The minimum atomic E-state index is -1.81. The molecule has 0 amide bonds. The SMILES string of the molecule is CCC.CCC1=Cc2c(ccc3c2CC(CC)(CC)C3)C1[Si](C)(C)C1C(CC)=Cc2c1ccc1c2CC(CC)(CC)C1.CCC1CC2C3=C(C=CC2C1[Si](C)(C)C1C(CC)CC2C4=C(C=CC21)CC(CC)(CC)C4)CC(CC)(CC)C3. The summed E-state index contributed by atoms with van der Waals surface area (Å²) in [5.74, 6) is 5.27. The van der Waals surface area contributed by atoms with E-state index in [-0.39, 0.29) is 0 Å². The van der Waals surface area contributed by atoms with Crippen LogP contribution in [0.4, 0.5) is 0 Å². The van der Waals surface area contributed by atoms with Gasteiger partial charge >= 0.3 is 0 Å². The van der Waals surface area contributed by atoms with E-state index in [1.165, 1.54) is 148 Å². The van der Waals surface area contributed by atoms with Crippen molar-refractivity contribution in [2.24, 2.45) is 57.2 Å². The Kier molecular flexibility index (Phi) is 17.8. The lowest BCUT2D eigenvalue weighted by Gasteiger charge is -2.47. The van der Waals surface area contributed by atoms with Crippen molar-refractivity contribution in [1.29, 1.82) is 0 Å². The Hall–Kier alpha value is -2.69. The van der Waals surface area contributed by atoms with Crippen LogP contribution in [-0.4, -0.2) is 16.1 Å². The molecule has 81 heavy (non-hydrogen) atoms. The minimum Gasteiger partial charge on any atom is -0.0805 e. The van der Waals surface area contributed by atoms with Crippen LogP contribution in [0.2, 0.25) is 37.3 Å². The summed E-state index contributed by atoms with van der Waals surface area (Å²) in [5, 5.41) is 0. The van der Waals surface area contributed by atoms with E-state index >= 15 is 0 Å². The summed E-state index contributed by atoms with van der Waals surface area (Å²) in [5.41, 5.74) is 29.5. The van der Waals surface area contributed by atoms with Crippen molar-refractivity contribution in [3.8, 4) is 0 Å². The molecule has 2 saturated carbocycles. The number of hydrogen-bond donors (Lipinski definition) is 0. The highest BCUT2D eigenvalue weighted by Crippen LogP contribution is 2.69. The molecule has 0 heterocycles. The van der Waals surface area contributed by atoms with Gasteiger partial charge in [0.1, 0.15) is 0 Å². The molecule has 0 saturated heterocycles. The topological polar surface area (TPSA) is 0 Å². The highest BCUT2D eigenvalue weighted by molar-refractivity contribution is 6.82. The Morgan fingerprint density at radius 3 is 1.09 bits per heavy atom. The van der Waals surface area contributed by atoms with Gasteiger partial charge in [-0.05, 0) is 252 Å². The zero-order valence-corrected chi connectivity index (χ0v) is 57.8. The highest BCUT2D eigenvalue weighted by Gasteiger charge is 2.61. The highest BCUT2D eigenvalue weighted by atomic mass is 28.3. The molecule has 0 nitrogen and oxygen atoms in total. The van der Waals surface area contributed by atoms with Crippen molar-refractivity contribution in [3.63, 3.8) is 0 Å². The monoisotopic (exact) mass is 1120 g/mol. The van der Waals surface area contributed by atoms with Crippen molar-refractivity contribution in [1.82, 2.24) is 0 Å². The molecule has 0 N–H and O–H groups in total. The maximum atomic E-state index is 2.89. The third-order valence-corrected chi connectivity index (χ3v) is 36.7. The average Bonchev–Trinajstić information content (AvgIpc) is 4.48. The van der Waals surface area contributed by atoms with Gasteiger partial charge in [0.15, 0.2) is 0 Å². The molecule has 2 aromatic carbocycles. The van der Waals surface area contributed by atoms with E-state index in [4.69, 9.17) is 0 Å². The van der Waals surface area contributed by atoms with Crippen molar-refractivity contribution >= 4 is 28.3 Å². The molecule has 10 aliphatic rings. The summed E-state index contributed by atoms with van der Waals surface area (Å²) in [4.78, 5) is 0. The Labute approximate surface area is 502 Å². The summed E-state index contributed by atoms with van der Waals surface area (Å²) < 4.78 is 0. The third-order valence-electron chi connectivity index (χ3n) is 27.2. The van der Waals surface area contributed by atoms with E-state index in [9.17, 15) is 0 Å². The Balaban J connectivity index is 0.000000174. The fourth-order valence-electron chi connectivity index (χ4n) is 21.8. The molecule has 2 fully saturated rings. The second kappa shape index (κ2) is 23.5. The largest absolute Gasteiger partial charge is 0.0805 e. The van der Waals surface area contributed by atoms with Crippen LogP contribution in [0.5, 0.6) is 0 Å². The van der Waals surface area contributed by atoms with Gasteiger partial charge in [-0.15, -0.1) is 0 Å². The van der Waals surface area contributed by atoms with Gasteiger partial charge in [0.25, 0.3) is 0 Å². The van der Waals surface area contributed by atoms with Gasteiger partial charge in [0.2, 0.25) is 0 Å². The molecule has 10 unspecified atom stereocenters. The first-order valence-electron chi connectivity index (χ1n) is 35.3. The van der Waals surface area contributed by atoms with Crippen LogP contribution < -0.4 is 0 Å². The van der Waals surface area contributed by atoms with Crippen LogP contribution >= 0.6 is 0 Å². The van der Waals surface area contributed by atoms with Crippen molar-refractivity contribution in [3.05, 3.63) is 127 Å². The van der Waals surface area contributed by atoms with Gasteiger partial charge in [-0.1, -0.05) is 225 Å². The molecule has 10 atom stereocenters. The van der Waals surface area contributed by atoms with E-state index < -0.39 is 16.1 Å². The zero-order valence-electron chi connectivity index (χ0n) is 55.8.